The van der Waals surface area contributed by atoms with Gasteiger partial charge in [0.15, 0.2) is 0 Å². The molecule has 0 radical (unpaired) electrons. The zero-order valence-electron chi connectivity index (χ0n) is 13.7. The van der Waals surface area contributed by atoms with E-state index >= 15 is 0 Å². The van der Waals surface area contributed by atoms with Crippen molar-refractivity contribution in [3.8, 4) is 0 Å². The fraction of sp³-hybridized carbons (Fsp3) is 0.444. The molecule has 0 atom stereocenters. The number of carbonyl (C=O) groups is 2. The van der Waals surface area contributed by atoms with Crippen molar-refractivity contribution in [2.45, 2.75) is 19.8 Å². The lowest BCUT2D eigenvalue weighted by molar-refractivity contribution is -0.126. The summed E-state index contributed by atoms with van der Waals surface area (Å²) >= 11 is 0. The van der Waals surface area contributed by atoms with Gasteiger partial charge in [-0.25, -0.2) is 0 Å². The molecular formula is C18H25N3O2. The number of carbonyl (C=O) groups excluding carboxylic acids is 2. The van der Waals surface area contributed by atoms with E-state index in [1.54, 1.807) is 0 Å². The summed E-state index contributed by atoms with van der Waals surface area (Å²) in [4.78, 5) is 25.4. The lowest BCUT2D eigenvalue weighted by Gasteiger charge is -2.25. The van der Waals surface area contributed by atoms with E-state index in [-0.39, 0.29) is 18.4 Å². The number of amides is 2. The average Bonchev–Trinajstić information content (AvgIpc) is 2.59. The topological polar surface area (TPSA) is 61.4 Å². The largest absolute Gasteiger partial charge is 0.355 e. The smallest absolute Gasteiger partial charge is 0.239 e. The van der Waals surface area contributed by atoms with Gasteiger partial charge >= 0.3 is 0 Å². The van der Waals surface area contributed by atoms with Crippen LogP contribution >= 0.6 is 0 Å². The van der Waals surface area contributed by atoms with Crippen LogP contribution in [0.1, 0.15) is 25.3 Å². The summed E-state index contributed by atoms with van der Waals surface area (Å²) in [6.45, 7) is 4.65. The minimum absolute atomic E-state index is 0.0534. The van der Waals surface area contributed by atoms with Crippen LogP contribution < -0.4 is 10.6 Å². The monoisotopic (exact) mass is 315 g/mol. The molecule has 2 rings (SSSR count). The second-order valence-corrected chi connectivity index (χ2v) is 5.71. The number of nitrogens with zero attached hydrogens (tertiary/aromatic N) is 1. The van der Waals surface area contributed by atoms with Gasteiger partial charge in [0.25, 0.3) is 0 Å². The van der Waals surface area contributed by atoms with Gasteiger partial charge in [-0.2, -0.15) is 0 Å². The summed E-state index contributed by atoms with van der Waals surface area (Å²) in [5.41, 5.74) is 2.59. The minimum atomic E-state index is -0.134. The third-order valence-electron chi connectivity index (χ3n) is 3.82. The van der Waals surface area contributed by atoms with Crippen LogP contribution in [0.4, 0.5) is 0 Å². The molecule has 0 saturated carbocycles. The molecule has 2 amide bonds. The van der Waals surface area contributed by atoms with E-state index in [4.69, 9.17) is 0 Å². The number of nitrogens with one attached hydrogen (secondary N) is 2. The fourth-order valence-electron chi connectivity index (χ4n) is 2.53. The van der Waals surface area contributed by atoms with Gasteiger partial charge in [-0.3, -0.25) is 14.5 Å². The van der Waals surface area contributed by atoms with Gasteiger partial charge < -0.3 is 10.6 Å². The highest BCUT2D eigenvalue weighted by Crippen LogP contribution is 2.21. The van der Waals surface area contributed by atoms with Gasteiger partial charge in [0.2, 0.25) is 11.8 Å². The van der Waals surface area contributed by atoms with Gasteiger partial charge in [-0.1, -0.05) is 43.3 Å². The van der Waals surface area contributed by atoms with Gasteiger partial charge in [0.1, 0.15) is 0 Å². The zero-order valence-corrected chi connectivity index (χ0v) is 13.7. The third-order valence-corrected chi connectivity index (χ3v) is 3.82. The standard InChI is InChI=1S/C18H25N3O2/c1-2-10-19-17(22)13-20-18(23)14-21-11-8-16(9-12-21)15-6-4-3-5-7-15/h3-8H,2,9-14H2,1H3,(H,19,22)(H,20,23). The molecule has 2 N–H and O–H groups in total. The van der Waals surface area contributed by atoms with Gasteiger partial charge in [-0.05, 0) is 24.0 Å². The molecule has 0 fully saturated rings. The third kappa shape index (κ3) is 5.87. The minimum Gasteiger partial charge on any atom is -0.355 e. The maximum absolute atomic E-state index is 11.9. The Balaban J connectivity index is 1.72. The highest BCUT2D eigenvalue weighted by atomic mass is 16.2. The molecule has 23 heavy (non-hydrogen) atoms. The molecule has 0 aromatic heterocycles. The second-order valence-electron chi connectivity index (χ2n) is 5.71. The summed E-state index contributed by atoms with van der Waals surface area (Å²) < 4.78 is 0. The van der Waals surface area contributed by atoms with Crippen LogP contribution in [0.15, 0.2) is 36.4 Å². The van der Waals surface area contributed by atoms with Crippen LogP contribution in [0.25, 0.3) is 5.57 Å². The van der Waals surface area contributed by atoms with Gasteiger partial charge in [0, 0.05) is 19.6 Å². The van der Waals surface area contributed by atoms with Crippen molar-refractivity contribution >= 4 is 17.4 Å². The first-order valence-electron chi connectivity index (χ1n) is 8.19. The van der Waals surface area contributed by atoms with Crippen molar-refractivity contribution in [1.82, 2.24) is 15.5 Å². The van der Waals surface area contributed by atoms with E-state index in [0.717, 1.165) is 25.9 Å². The molecular weight excluding hydrogens is 290 g/mol. The van der Waals surface area contributed by atoms with E-state index < -0.39 is 0 Å². The summed E-state index contributed by atoms with van der Waals surface area (Å²) in [5, 5.41) is 5.41. The van der Waals surface area contributed by atoms with E-state index in [2.05, 4.69) is 33.7 Å². The summed E-state index contributed by atoms with van der Waals surface area (Å²) in [7, 11) is 0. The molecule has 0 aliphatic carbocycles. The summed E-state index contributed by atoms with van der Waals surface area (Å²) in [6, 6.07) is 10.3. The molecule has 0 bridgehead atoms. The van der Waals surface area contributed by atoms with Crippen molar-refractivity contribution in [3.05, 3.63) is 42.0 Å². The van der Waals surface area contributed by atoms with Gasteiger partial charge in [0.05, 0.1) is 13.1 Å². The Bertz CT molecular complexity index is 555. The maximum Gasteiger partial charge on any atom is 0.239 e. The van der Waals surface area contributed by atoms with E-state index in [9.17, 15) is 9.59 Å². The Morgan fingerprint density at radius 2 is 1.91 bits per heavy atom. The van der Waals surface area contributed by atoms with E-state index in [1.165, 1.54) is 11.1 Å². The molecule has 5 nitrogen and oxygen atoms in total. The molecule has 1 aliphatic heterocycles. The number of rotatable bonds is 7. The van der Waals surface area contributed by atoms with Crippen molar-refractivity contribution in [3.63, 3.8) is 0 Å². The molecule has 1 aromatic carbocycles. The van der Waals surface area contributed by atoms with Crippen LogP contribution in [0.3, 0.4) is 0 Å². The number of hydrogen-bond donors (Lipinski definition) is 2. The van der Waals surface area contributed by atoms with E-state index in [0.29, 0.717) is 13.1 Å². The summed E-state index contributed by atoms with van der Waals surface area (Å²) in [6.07, 6.45) is 4.01. The van der Waals surface area contributed by atoms with Crippen LogP contribution in [-0.2, 0) is 9.59 Å². The Hall–Kier alpha value is -2.14. The lowest BCUT2D eigenvalue weighted by Crippen LogP contribution is -2.43. The van der Waals surface area contributed by atoms with Crippen molar-refractivity contribution in [2.75, 3.05) is 32.7 Å². The normalized spacial score (nSPS) is 14.9. The van der Waals surface area contributed by atoms with Gasteiger partial charge in [-0.15, -0.1) is 0 Å². The van der Waals surface area contributed by atoms with Crippen molar-refractivity contribution in [2.24, 2.45) is 0 Å². The molecule has 0 spiro atoms. The lowest BCUT2D eigenvalue weighted by atomic mass is 10.00. The first-order chi connectivity index (χ1) is 11.2. The maximum atomic E-state index is 11.9. The first kappa shape index (κ1) is 17.2. The molecule has 1 aromatic rings. The Morgan fingerprint density at radius 3 is 2.57 bits per heavy atom. The van der Waals surface area contributed by atoms with Crippen LogP contribution in [-0.4, -0.2) is 49.4 Å². The molecule has 1 heterocycles. The van der Waals surface area contributed by atoms with E-state index in [1.807, 2.05) is 25.1 Å². The van der Waals surface area contributed by atoms with Crippen LogP contribution in [0, 0.1) is 0 Å². The highest BCUT2D eigenvalue weighted by molar-refractivity contribution is 5.85. The fourth-order valence-corrected chi connectivity index (χ4v) is 2.53. The molecule has 0 saturated heterocycles. The van der Waals surface area contributed by atoms with Crippen LogP contribution in [0.5, 0.6) is 0 Å². The Morgan fingerprint density at radius 1 is 1.13 bits per heavy atom. The van der Waals surface area contributed by atoms with Crippen LogP contribution in [0.2, 0.25) is 0 Å². The second kappa shape index (κ2) is 9.10. The summed E-state index contributed by atoms with van der Waals surface area (Å²) in [5.74, 6) is -0.238. The Labute approximate surface area is 137 Å². The highest BCUT2D eigenvalue weighted by Gasteiger charge is 2.15. The molecule has 0 unspecified atom stereocenters. The van der Waals surface area contributed by atoms with Crippen molar-refractivity contribution in [1.29, 1.82) is 0 Å². The predicted octanol–water partition coefficient (Wildman–Crippen LogP) is 1.42. The molecule has 5 heteroatoms. The molecule has 1 aliphatic rings. The Kier molecular flexibility index (Phi) is 6.81. The number of benzene rings is 1. The predicted molar refractivity (Wildman–Crippen MR) is 91.8 cm³/mol. The SMILES string of the molecule is CCCNC(=O)CNC(=O)CN1CC=C(c2ccccc2)CC1. The van der Waals surface area contributed by atoms with Crippen molar-refractivity contribution < 1.29 is 9.59 Å². The average molecular weight is 315 g/mol. The quantitative estimate of drug-likeness (QED) is 0.800. The zero-order chi connectivity index (χ0) is 16.5. The number of hydrogen-bond acceptors (Lipinski definition) is 3. The first-order valence-corrected chi connectivity index (χ1v) is 8.19. The molecule has 124 valence electrons.